The van der Waals surface area contributed by atoms with Crippen LogP contribution in [-0.4, -0.2) is 17.2 Å². The molecule has 2 heterocycles. The lowest BCUT2D eigenvalue weighted by molar-refractivity contribution is -0.631. The maximum atomic E-state index is 4.55. The highest BCUT2D eigenvalue weighted by molar-refractivity contribution is 6.64. The molecule has 0 atom stereocenters. The molecule has 4 aromatic rings. The van der Waals surface area contributed by atoms with Gasteiger partial charge in [0.15, 0.2) is 11.2 Å². The van der Waals surface area contributed by atoms with E-state index in [1.165, 1.54) is 0 Å². The van der Waals surface area contributed by atoms with Crippen molar-refractivity contribution in [3.8, 4) is 0 Å². The largest absolute Gasteiger partial charge is 0.374 e. The van der Waals surface area contributed by atoms with E-state index in [4.69, 9.17) is 0 Å². The highest BCUT2D eigenvalue weighted by atomic mass is 15.0. The molecule has 0 N–H and O–H groups in total. The van der Waals surface area contributed by atoms with Gasteiger partial charge in [-0.3, -0.25) is 0 Å². The number of aryl methyl sites for hydroxylation is 2. The van der Waals surface area contributed by atoms with E-state index in [0.29, 0.717) is 0 Å². The average molecular weight is 299 g/mol. The molecule has 0 bridgehead atoms. The molecule has 4 rings (SSSR count). The Bertz CT molecular complexity index is 947. The SMILES string of the molecule is C[n+]1c([B]c2cnc3ccccc3[n+]2C)cnc2ccccc21. The van der Waals surface area contributed by atoms with Gasteiger partial charge in [-0.25, -0.2) is 19.1 Å². The molecule has 0 amide bonds. The quantitative estimate of drug-likeness (QED) is 0.388. The first-order valence-corrected chi connectivity index (χ1v) is 7.56. The molecular formula is C18H16BN4+2. The zero-order valence-electron chi connectivity index (χ0n) is 13.1. The van der Waals surface area contributed by atoms with Crippen molar-refractivity contribution in [2.24, 2.45) is 14.1 Å². The Hall–Kier alpha value is -2.82. The van der Waals surface area contributed by atoms with E-state index in [1.807, 2.05) is 48.8 Å². The van der Waals surface area contributed by atoms with Crippen LogP contribution in [-0.2, 0) is 14.1 Å². The number of nitrogens with zero attached hydrogens (tertiary/aromatic N) is 4. The van der Waals surface area contributed by atoms with E-state index in [1.54, 1.807) is 0 Å². The molecular weight excluding hydrogens is 283 g/mol. The summed E-state index contributed by atoms with van der Waals surface area (Å²) in [5, 5.41) is 0. The number of aromatic nitrogens is 4. The molecule has 0 aliphatic rings. The van der Waals surface area contributed by atoms with Gasteiger partial charge in [-0.05, 0) is 12.1 Å². The summed E-state index contributed by atoms with van der Waals surface area (Å²) in [6, 6.07) is 16.3. The van der Waals surface area contributed by atoms with E-state index in [-0.39, 0.29) is 0 Å². The molecule has 0 saturated heterocycles. The Morgan fingerprint density at radius 3 is 1.61 bits per heavy atom. The molecule has 2 aromatic heterocycles. The van der Waals surface area contributed by atoms with Crippen LogP contribution in [0.1, 0.15) is 0 Å². The Morgan fingerprint density at radius 1 is 0.696 bits per heavy atom. The lowest BCUT2D eigenvalue weighted by atomic mass is 9.70. The van der Waals surface area contributed by atoms with Gasteiger partial charge in [-0.15, -0.1) is 0 Å². The van der Waals surface area contributed by atoms with Crippen molar-refractivity contribution in [2.45, 2.75) is 0 Å². The van der Waals surface area contributed by atoms with Crippen LogP contribution in [0.4, 0.5) is 0 Å². The Balaban J connectivity index is 1.82. The maximum absolute atomic E-state index is 4.55. The van der Waals surface area contributed by atoms with Crippen molar-refractivity contribution < 1.29 is 9.13 Å². The van der Waals surface area contributed by atoms with Crippen molar-refractivity contribution in [1.82, 2.24) is 9.97 Å². The molecule has 23 heavy (non-hydrogen) atoms. The number of para-hydroxylation sites is 4. The standard InChI is InChI=1S/C18H16BN4/c1-22-15-9-5-3-7-13(15)20-11-17(22)19-18-12-21-14-8-4-6-10-16(14)23(18)2/h3-12H,1-2H3/q+2. The van der Waals surface area contributed by atoms with Crippen LogP contribution in [0.5, 0.6) is 0 Å². The third-order valence-electron chi connectivity index (χ3n) is 4.23. The minimum absolute atomic E-state index is 0.994. The molecule has 1 radical (unpaired) electrons. The third kappa shape index (κ3) is 2.34. The van der Waals surface area contributed by atoms with Crippen molar-refractivity contribution >= 4 is 40.5 Å². The van der Waals surface area contributed by atoms with Crippen molar-refractivity contribution in [2.75, 3.05) is 0 Å². The van der Waals surface area contributed by atoms with E-state index >= 15 is 0 Å². The van der Waals surface area contributed by atoms with Gasteiger partial charge in [0.1, 0.15) is 25.1 Å². The molecule has 0 unspecified atom stereocenters. The first-order chi connectivity index (χ1) is 11.2. The maximum Gasteiger partial charge on any atom is 0.374 e. The number of benzene rings is 2. The fourth-order valence-corrected chi connectivity index (χ4v) is 2.86. The lowest BCUT2D eigenvalue weighted by Crippen LogP contribution is -2.60. The predicted octanol–water partition coefficient (Wildman–Crippen LogP) is 0.0870. The van der Waals surface area contributed by atoms with Crippen molar-refractivity contribution in [3.63, 3.8) is 0 Å². The fourth-order valence-electron chi connectivity index (χ4n) is 2.86. The van der Waals surface area contributed by atoms with Crippen LogP contribution in [0, 0.1) is 0 Å². The van der Waals surface area contributed by atoms with Crippen LogP contribution < -0.4 is 20.3 Å². The van der Waals surface area contributed by atoms with E-state index < -0.39 is 0 Å². The Kier molecular flexibility index (Phi) is 3.26. The normalized spacial score (nSPS) is 11.0. The van der Waals surface area contributed by atoms with Crippen molar-refractivity contribution in [3.05, 3.63) is 60.9 Å². The average Bonchev–Trinajstić information content (AvgIpc) is 2.60. The number of hydrogen-bond donors (Lipinski definition) is 0. The van der Waals surface area contributed by atoms with Gasteiger partial charge in [0.25, 0.3) is 0 Å². The summed E-state index contributed by atoms with van der Waals surface area (Å²) in [6.45, 7) is 0. The number of fused-ring (bicyclic) bond motifs is 2. The topological polar surface area (TPSA) is 33.5 Å². The number of hydrogen-bond acceptors (Lipinski definition) is 2. The minimum Gasteiger partial charge on any atom is -0.244 e. The van der Waals surface area contributed by atoms with Crippen LogP contribution >= 0.6 is 0 Å². The van der Waals surface area contributed by atoms with Gasteiger partial charge >= 0.3 is 7.28 Å². The smallest absolute Gasteiger partial charge is 0.244 e. The Labute approximate surface area is 135 Å². The zero-order chi connectivity index (χ0) is 15.8. The second kappa shape index (κ2) is 5.43. The lowest BCUT2D eigenvalue weighted by Gasteiger charge is -2.03. The summed E-state index contributed by atoms with van der Waals surface area (Å²) < 4.78 is 4.30. The summed E-state index contributed by atoms with van der Waals surface area (Å²) in [7, 11) is 6.23. The highest BCUT2D eigenvalue weighted by Gasteiger charge is 2.22. The van der Waals surface area contributed by atoms with Gasteiger partial charge in [0.05, 0.1) is 12.4 Å². The summed E-state index contributed by atoms with van der Waals surface area (Å²) in [5.74, 6) is 0. The van der Waals surface area contributed by atoms with Crippen LogP contribution in [0.15, 0.2) is 60.9 Å². The zero-order valence-corrected chi connectivity index (χ0v) is 13.1. The molecule has 5 heteroatoms. The van der Waals surface area contributed by atoms with E-state index in [2.05, 4.69) is 52.6 Å². The first kappa shape index (κ1) is 13.8. The Morgan fingerprint density at radius 2 is 1.13 bits per heavy atom. The van der Waals surface area contributed by atoms with Gasteiger partial charge < -0.3 is 0 Å². The van der Waals surface area contributed by atoms with Crippen LogP contribution in [0.3, 0.4) is 0 Å². The number of rotatable bonds is 2. The molecule has 4 nitrogen and oxygen atoms in total. The van der Waals surface area contributed by atoms with Crippen molar-refractivity contribution in [1.29, 1.82) is 0 Å². The molecule has 0 aliphatic carbocycles. The molecule has 0 fully saturated rings. The van der Waals surface area contributed by atoms with Crippen LogP contribution in [0.2, 0.25) is 0 Å². The molecule has 2 aromatic carbocycles. The van der Waals surface area contributed by atoms with E-state index in [9.17, 15) is 0 Å². The predicted molar refractivity (Wildman–Crippen MR) is 90.9 cm³/mol. The van der Waals surface area contributed by atoms with E-state index in [0.717, 1.165) is 33.3 Å². The molecule has 0 saturated carbocycles. The summed E-state index contributed by atoms with van der Waals surface area (Å²) in [5.41, 5.74) is 6.28. The summed E-state index contributed by atoms with van der Waals surface area (Å²) in [4.78, 5) is 9.10. The third-order valence-corrected chi connectivity index (χ3v) is 4.23. The summed E-state index contributed by atoms with van der Waals surface area (Å²) >= 11 is 0. The minimum atomic E-state index is 0.994. The fraction of sp³-hybridized carbons (Fsp3) is 0.111. The monoisotopic (exact) mass is 299 g/mol. The van der Waals surface area contributed by atoms with Crippen LogP contribution in [0.25, 0.3) is 22.1 Å². The molecule has 0 spiro atoms. The second-order valence-electron chi connectivity index (χ2n) is 5.61. The first-order valence-electron chi connectivity index (χ1n) is 7.56. The van der Waals surface area contributed by atoms with Gasteiger partial charge in [0, 0.05) is 12.1 Å². The highest BCUT2D eigenvalue weighted by Crippen LogP contribution is 2.04. The summed E-state index contributed by atoms with van der Waals surface area (Å²) in [6.07, 6.45) is 3.80. The molecule has 109 valence electrons. The van der Waals surface area contributed by atoms with Gasteiger partial charge in [-0.2, -0.15) is 0 Å². The second-order valence-corrected chi connectivity index (χ2v) is 5.61. The molecule has 0 aliphatic heterocycles. The van der Waals surface area contributed by atoms with Gasteiger partial charge in [0.2, 0.25) is 11.0 Å². The van der Waals surface area contributed by atoms with Gasteiger partial charge in [-0.1, -0.05) is 24.3 Å².